The molecule has 0 unspecified atom stereocenters. The highest BCUT2D eigenvalue weighted by Crippen LogP contribution is 2.23. The van der Waals surface area contributed by atoms with Crippen LogP contribution in [0.25, 0.3) is 11.1 Å². The lowest BCUT2D eigenvalue weighted by molar-refractivity contribution is 0.602. The molecule has 3 nitrogen and oxygen atoms in total. The van der Waals surface area contributed by atoms with Crippen LogP contribution in [-0.4, -0.2) is 14.7 Å². The Labute approximate surface area is 126 Å². The lowest BCUT2D eigenvalue weighted by Crippen LogP contribution is -2.04. The third kappa shape index (κ3) is 3.82. The standard InChI is InChI=1S/C15H17NO2S.ClH/c1-11(16)13-4-3-5-14(10-13)12-6-8-15(9-7-12)19(2,17)18;/h3-11H,16H2,1-2H3;1H/t11-;/m0./s1. The van der Waals surface area contributed by atoms with Crippen molar-refractivity contribution in [3.8, 4) is 11.1 Å². The molecule has 0 aliphatic carbocycles. The van der Waals surface area contributed by atoms with Gasteiger partial charge < -0.3 is 5.73 Å². The average Bonchev–Trinajstić information content (AvgIpc) is 2.38. The molecule has 2 rings (SSSR count). The minimum atomic E-state index is -3.14. The van der Waals surface area contributed by atoms with Crippen molar-refractivity contribution in [2.75, 3.05) is 6.26 Å². The summed E-state index contributed by atoms with van der Waals surface area (Å²) in [7, 11) is -3.14. The van der Waals surface area contributed by atoms with Gasteiger partial charge in [-0.2, -0.15) is 0 Å². The summed E-state index contributed by atoms with van der Waals surface area (Å²) in [6.07, 6.45) is 1.21. The number of nitrogens with two attached hydrogens (primary N) is 1. The van der Waals surface area contributed by atoms with E-state index in [1.165, 1.54) is 6.26 Å². The smallest absolute Gasteiger partial charge is 0.175 e. The van der Waals surface area contributed by atoms with Crippen molar-refractivity contribution in [2.45, 2.75) is 17.9 Å². The summed E-state index contributed by atoms with van der Waals surface area (Å²) >= 11 is 0. The predicted molar refractivity (Wildman–Crippen MR) is 84.8 cm³/mol. The molecule has 108 valence electrons. The molecule has 0 aromatic heterocycles. The van der Waals surface area contributed by atoms with Gasteiger partial charge >= 0.3 is 0 Å². The number of hydrogen-bond acceptors (Lipinski definition) is 3. The highest BCUT2D eigenvalue weighted by atomic mass is 35.5. The van der Waals surface area contributed by atoms with Crippen molar-refractivity contribution in [1.29, 1.82) is 0 Å². The zero-order valence-electron chi connectivity index (χ0n) is 11.4. The van der Waals surface area contributed by atoms with Gasteiger partial charge in [0, 0.05) is 12.3 Å². The molecule has 0 aliphatic heterocycles. The number of hydrogen-bond donors (Lipinski definition) is 1. The van der Waals surface area contributed by atoms with Crippen LogP contribution in [0, 0.1) is 0 Å². The maximum Gasteiger partial charge on any atom is 0.175 e. The first kappa shape index (κ1) is 16.7. The quantitative estimate of drug-likeness (QED) is 0.947. The highest BCUT2D eigenvalue weighted by Gasteiger charge is 2.07. The van der Waals surface area contributed by atoms with Crippen LogP contribution in [-0.2, 0) is 9.84 Å². The van der Waals surface area contributed by atoms with Crippen LogP contribution in [0.5, 0.6) is 0 Å². The van der Waals surface area contributed by atoms with E-state index in [9.17, 15) is 8.42 Å². The number of benzene rings is 2. The molecule has 0 heterocycles. The maximum absolute atomic E-state index is 11.4. The Kier molecular flexibility index (Phi) is 5.34. The normalized spacial score (nSPS) is 12.6. The van der Waals surface area contributed by atoms with Gasteiger partial charge in [-0.1, -0.05) is 30.3 Å². The third-order valence-electron chi connectivity index (χ3n) is 3.03. The van der Waals surface area contributed by atoms with Crippen molar-refractivity contribution in [1.82, 2.24) is 0 Å². The van der Waals surface area contributed by atoms with Crippen molar-refractivity contribution in [3.63, 3.8) is 0 Å². The van der Waals surface area contributed by atoms with Gasteiger partial charge in [-0.05, 0) is 41.8 Å². The molecule has 20 heavy (non-hydrogen) atoms. The largest absolute Gasteiger partial charge is 0.324 e. The summed E-state index contributed by atoms with van der Waals surface area (Å²) in [5.41, 5.74) is 8.94. The molecule has 0 amide bonds. The van der Waals surface area contributed by atoms with Gasteiger partial charge in [0.05, 0.1) is 4.90 Å². The second-order valence-electron chi connectivity index (χ2n) is 4.71. The van der Waals surface area contributed by atoms with E-state index in [2.05, 4.69) is 0 Å². The molecule has 0 spiro atoms. The molecule has 0 saturated carbocycles. The molecule has 2 aromatic rings. The molecule has 0 bridgehead atoms. The number of sulfone groups is 1. The first-order valence-electron chi connectivity index (χ1n) is 6.04. The number of rotatable bonds is 3. The molecule has 0 fully saturated rings. The predicted octanol–water partition coefficient (Wildman–Crippen LogP) is 3.20. The van der Waals surface area contributed by atoms with Gasteiger partial charge in [-0.15, -0.1) is 12.4 Å². The van der Waals surface area contributed by atoms with Crippen molar-refractivity contribution in [2.24, 2.45) is 5.73 Å². The van der Waals surface area contributed by atoms with Gasteiger partial charge in [-0.3, -0.25) is 0 Å². The van der Waals surface area contributed by atoms with Gasteiger partial charge in [0.25, 0.3) is 0 Å². The Morgan fingerprint density at radius 1 is 1.00 bits per heavy atom. The second kappa shape index (κ2) is 6.39. The summed E-state index contributed by atoms with van der Waals surface area (Å²) in [4.78, 5) is 0.333. The molecular weight excluding hydrogens is 294 g/mol. The Balaban J connectivity index is 0.00000200. The zero-order valence-corrected chi connectivity index (χ0v) is 13.0. The first-order chi connectivity index (χ1) is 8.88. The van der Waals surface area contributed by atoms with Gasteiger partial charge in [0.1, 0.15) is 0 Å². The van der Waals surface area contributed by atoms with Crippen LogP contribution in [0.4, 0.5) is 0 Å². The fourth-order valence-corrected chi connectivity index (χ4v) is 2.53. The second-order valence-corrected chi connectivity index (χ2v) is 6.73. The van der Waals surface area contributed by atoms with E-state index in [0.717, 1.165) is 16.7 Å². The van der Waals surface area contributed by atoms with Crippen molar-refractivity contribution < 1.29 is 8.42 Å². The summed E-state index contributed by atoms with van der Waals surface area (Å²) in [6.45, 7) is 1.94. The van der Waals surface area contributed by atoms with Gasteiger partial charge in [-0.25, -0.2) is 8.42 Å². The van der Waals surface area contributed by atoms with E-state index in [0.29, 0.717) is 4.90 Å². The summed E-state index contributed by atoms with van der Waals surface area (Å²) < 4.78 is 22.8. The minimum Gasteiger partial charge on any atom is -0.324 e. The Bertz CT molecular complexity index is 679. The Morgan fingerprint density at radius 2 is 1.60 bits per heavy atom. The molecule has 0 aliphatic rings. The molecule has 2 N–H and O–H groups in total. The van der Waals surface area contributed by atoms with E-state index in [1.54, 1.807) is 12.1 Å². The van der Waals surface area contributed by atoms with Crippen molar-refractivity contribution in [3.05, 3.63) is 54.1 Å². The van der Waals surface area contributed by atoms with Crippen LogP contribution in [0.15, 0.2) is 53.4 Å². The van der Waals surface area contributed by atoms with Gasteiger partial charge in [0.2, 0.25) is 0 Å². The maximum atomic E-state index is 11.4. The van der Waals surface area contributed by atoms with E-state index in [4.69, 9.17) is 5.73 Å². The van der Waals surface area contributed by atoms with E-state index in [1.807, 2.05) is 43.3 Å². The summed E-state index contributed by atoms with van der Waals surface area (Å²) in [5.74, 6) is 0. The molecule has 5 heteroatoms. The molecule has 0 saturated heterocycles. The summed E-state index contributed by atoms with van der Waals surface area (Å²) in [5, 5.41) is 0. The fraction of sp³-hybridized carbons (Fsp3) is 0.200. The lowest BCUT2D eigenvalue weighted by Gasteiger charge is -2.09. The average molecular weight is 312 g/mol. The van der Waals surface area contributed by atoms with Crippen LogP contribution >= 0.6 is 12.4 Å². The first-order valence-corrected chi connectivity index (χ1v) is 7.93. The Morgan fingerprint density at radius 3 is 2.10 bits per heavy atom. The third-order valence-corrected chi connectivity index (χ3v) is 4.16. The van der Waals surface area contributed by atoms with Crippen LogP contribution in [0.3, 0.4) is 0 Å². The number of halogens is 1. The van der Waals surface area contributed by atoms with Gasteiger partial charge in [0.15, 0.2) is 9.84 Å². The molecule has 0 radical (unpaired) electrons. The fourth-order valence-electron chi connectivity index (χ4n) is 1.90. The SMILES string of the molecule is C[C@H](N)c1cccc(-c2ccc(S(C)(=O)=O)cc2)c1.Cl. The van der Waals surface area contributed by atoms with Crippen LogP contribution in [0.2, 0.25) is 0 Å². The highest BCUT2D eigenvalue weighted by molar-refractivity contribution is 7.90. The van der Waals surface area contributed by atoms with Crippen LogP contribution in [0.1, 0.15) is 18.5 Å². The molecular formula is C15H18ClNO2S. The Hall–Kier alpha value is -1.36. The minimum absolute atomic E-state index is 0. The van der Waals surface area contributed by atoms with E-state index < -0.39 is 9.84 Å². The van der Waals surface area contributed by atoms with Crippen molar-refractivity contribution >= 4 is 22.2 Å². The topological polar surface area (TPSA) is 60.2 Å². The molecule has 2 aromatic carbocycles. The van der Waals surface area contributed by atoms with Crippen LogP contribution < -0.4 is 5.73 Å². The molecule has 1 atom stereocenters. The van der Waals surface area contributed by atoms with E-state index >= 15 is 0 Å². The lowest BCUT2D eigenvalue weighted by atomic mass is 10.0. The summed E-state index contributed by atoms with van der Waals surface area (Å²) in [6, 6.07) is 14.8. The van der Waals surface area contributed by atoms with E-state index in [-0.39, 0.29) is 18.4 Å². The zero-order chi connectivity index (χ0) is 14.0. The monoisotopic (exact) mass is 311 g/mol.